The molecule has 1 aliphatic carbocycles. The Kier molecular flexibility index (Phi) is 6.57. The highest BCUT2D eigenvalue weighted by Crippen LogP contribution is 2.38. The Morgan fingerprint density at radius 3 is 2.75 bits per heavy atom. The van der Waals surface area contributed by atoms with Crippen LogP contribution in [-0.2, 0) is 6.42 Å². The first-order valence-electron chi connectivity index (χ1n) is 8.04. The van der Waals surface area contributed by atoms with Gasteiger partial charge in [-0.3, -0.25) is 0 Å². The normalized spacial score (nSPS) is 27.1. The second-order valence-electron chi connectivity index (χ2n) is 6.61. The van der Waals surface area contributed by atoms with Crippen LogP contribution in [0.4, 0.5) is 0 Å². The fourth-order valence-electron chi connectivity index (χ4n) is 3.42. The Morgan fingerprint density at radius 1 is 1.35 bits per heavy atom. The van der Waals surface area contributed by atoms with Crippen molar-refractivity contribution in [3.05, 3.63) is 20.8 Å². The summed E-state index contributed by atoms with van der Waals surface area (Å²) in [4.78, 5) is 1.55. The van der Waals surface area contributed by atoms with Crippen molar-refractivity contribution in [1.29, 1.82) is 0 Å². The monoisotopic (exact) mass is 357 g/mol. The molecule has 1 saturated carbocycles. The Balaban J connectivity index is 1.97. The average molecular weight is 358 g/mol. The molecular weight excluding hydrogens is 330 g/mol. The van der Waals surface area contributed by atoms with E-state index in [4.69, 9.17) is 0 Å². The van der Waals surface area contributed by atoms with Gasteiger partial charge in [-0.25, -0.2) is 0 Å². The minimum atomic E-state index is 0.607. The van der Waals surface area contributed by atoms with E-state index in [1.807, 2.05) is 11.3 Å². The molecule has 2 rings (SSSR count). The third-order valence-electron chi connectivity index (χ3n) is 4.70. The molecule has 0 spiro atoms. The number of nitrogens with one attached hydrogen (secondary N) is 1. The molecule has 1 N–H and O–H groups in total. The van der Waals surface area contributed by atoms with Crippen molar-refractivity contribution < 1.29 is 0 Å². The van der Waals surface area contributed by atoms with Gasteiger partial charge in [0.25, 0.3) is 0 Å². The van der Waals surface area contributed by atoms with E-state index in [9.17, 15) is 0 Å². The van der Waals surface area contributed by atoms with Crippen LogP contribution < -0.4 is 5.32 Å². The first kappa shape index (κ1) is 16.5. The van der Waals surface area contributed by atoms with Crippen LogP contribution in [0.25, 0.3) is 0 Å². The first-order valence-corrected chi connectivity index (χ1v) is 9.72. The molecule has 0 amide bonds. The molecule has 1 aliphatic rings. The molecule has 20 heavy (non-hydrogen) atoms. The molecule has 0 aromatic carbocycles. The molecule has 1 nitrogen and oxygen atoms in total. The zero-order valence-electron chi connectivity index (χ0n) is 13.0. The first-order chi connectivity index (χ1) is 9.58. The summed E-state index contributed by atoms with van der Waals surface area (Å²) < 4.78 is 1.25. The van der Waals surface area contributed by atoms with Crippen LogP contribution in [0.5, 0.6) is 0 Å². The van der Waals surface area contributed by atoms with Gasteiger partial charge in [0.15, 0.2) is 0 Å². The van der Waals surface area contributed by atoms with Crippen molar-refractivity contribution in [2.75, 3.05) is 6.54 Å². The number of hydrogen-bond donors (Lipinski definition) is 1. The zero-order valence-corrected chi connectivity index (χ0v) is 15.4. The number of hydrogen-bond acceptors (Lipinski definition) is 2. The van der Waals surface area contributed by atoms with Crippen LogP contribution >= 0.6 is 27.3 Å². The Bertz CT molecular complexity index is 401. The minimum Gasteiger partial charge on any atom is -0.314 e. The van der Waals surface area contributed by atoms with E-state index in [0.717, 1.165) is 17.8 Å². The molecule has 3 atom stereocenters. The van der Waals surface area contributed by atoms with E-state index in [-0.39, 0.29) is 0 Å². The Labute approximate surface area is 136 Å². The van der Waals surface area contributed by atoms with E-state index in [2.05, 4.69) is 53.5 Å². The van der Waals surface area contributed by atoms with Gasteiger partial charge in [0.1, 0.15) is 0 Å². The molecule has 1 fully saturated rings. The highest BCUT2D eigenvalue weighted by Gasteiger charge is 2.30. The number of halogens is 1. The number of rotatable bonds is 6. The van der Waals surface area contributed by atoms with Gasteiger partial charge >= 0.3 is 0 Å². The highest BCUT2D eigenvalue weighted by atomic mass is 79.9. The lowest BCUT2D eigenvalue weighted by Gasteiger charge is -2.36. The van der Waals surface area contributed by atoms with Crippen LogP contribution in [0.2, 0.25) is 0 Å². The fourth-order valence-corrected chi connectivity index (χ4v) is 4.97. The molecule has 0 saturated heterocycles. The van der Waals surface area contributed by atoms with Gasteiger partial charge in [-0.1, -0.05) is 33.6 Å². The van der Waals surface area contributed by atoms with Crippen molar-refractivity contribution >= 4 is 27.3 Å². The van der Waals surface area contributed by atoms with Crippen LogP contribution in [0.1, 0.15) is 51.3 Å². The van der Waals surface area contributed by atoms with Crippen LogP contribution in [-0.4, -0.2) is 12.6 Å². The molecule has 3 unspecified atom stereocenters. The van der Waals surface area contributed by atoms with Gasteiger partial charge in [-0.15, -0.1) is 11.3 Å². The van der Waals surface area contributed by atoms with Gasteiger partial charge in [0.05, 0.1) is 0 Å². The van der Waals surface area contributed by atoms with E-state index in [1.54, 1.807) is 4.88 Å². The average Bonchev–Trinajstić information content (AvgIpc) is 2.82. The predicted molar refractivity (Wildman–Crippen MR) is 93.5 cm³/mol. The smallest absolute Gasteiger partial charge is 0.0285 e. The molecule has 3 heteroatoms. The summed E-state index contributed by atoms with van der Waals surface area (Å²) >= 11 is 5.50. The summed E-state index contributed by atoms with van der Waals surface area (Å²) in [6.07, 6.45) is 6.91. The maximum Gasteiger partial charge on any atom is 0.0285 e. The number of thiophene rings is 1. The summed E-state index contributed by atoms with van der Waals surface area (Å²) in [6.45, 7) is 8.06. The van der Waals surface area contributed by atoms with Crippen LogP contribution in [0.15, 0.2) is 15.9 Å². The molecule has 1 aromatic heterocycles. The van der Waals surface area contributed by atoms with E-state index in [1.165, 1.54) is 43.1 Å². The molecule has 1 aromatic rings. The quantitative estimate of drug-likeness (QED) is 0.709. The molecule has 1 heterocycles. The Morgan fingerprint density at radius 2 is 2.15 bits per heavy atom. The van der Waals surface area contributed by atoms with Gasteiger partial charge in [0, 0.05) is 20.8 Å². The van der Waals surface area contributed by atoms with Gasteiger partial charge < -0.3 is 5.32 Å². The third kappa shape index (κ3) is 4.85. The van der Waals surface area contributed by atoms with E-state index in [0.29, 0.717) is 6.04 Å². The van der Waals surface area contributed by atoms with E-state index < -0.39 is 0 Å². The standard InChI is InChI=1S/C17H28BrNS/c1-4-13-5-6-14(10-19-12(2)3)15(7-13)8-17-9-16(18)11-20-17/h9,11-15,19H,4-8,10H2,1-3H3. The van der Waals surface area contributed by atoms with Crippen molar-refractivity contribution in [2.24, 2.45) is 17.8 Å². The van der Waals surface area contributed by atoms with Gasteiger partial charge in [-0.05, 0) is 65.6 Å². The lowest BCUT2D eigenvalue weighted by atomic mass is 9.71. The van der Waals surface area contributed by atoms with Crippen LogP contribution in [0, 0.1) is 17.8 Å². The van der Waals surface area contributed by atoms with Crippen molar-refractivity contribution in [2.45, 2.75) is 58.9 Å². The molecule has 0 bridgehead atoms. The molecule has 114 valence electrons. The van der Waals surface area contributed by atoms with Crippen molar-refractivity contribution in [1.82, 2.24) is 5.32 Å². The molecular formula is C17H28BrNS. The lowest BCUT2D eigenvalue weighted by Crippen LogP contribution is -2.36. The predicted octanol–water partition coefficient (Wildman–Crippen LogP) is 5.49. The second kappa shape index (κ2) is 7.95. The molecule has 0 aliphatic heterocycles. The van der Waals surface area contributed by atoms with Crippen molar-refractivity contribution in [3.8, 4) is 0 Å². The SMILES string of the molecule is CCC1CCC(CNC(C)C)C(Cc2cc(Br)cs2)C1. The maximum atomic E-state index is 3.66. The largest absolute Gasteiger partial charge is 0.314 e. The Hall–Kier alpha value is 0.140. The summed E-state index contributed by atoms with van der Waals surface area (Å²) in [5, 5.41) is 5.88. The van der Waals surface area contributed by atoms with Gasteiger partial charge in [-0.2, -0.15) is 0 Å². The van der Waals surface area contributed by atoms with Crippen molar-refractivity contribution in [3.63, 3.8) is 0 Å². The third-order valence-corrected chi connectivity index (χ3v) is 6.42. The fraction of sp³-hybridized carbons (Fsp3) is 0.765. The second-order valence-corrected chi connectivity index (χ2v) is 8.52. The summed E-state index contributed by atoms with van der Waals surface area (Å²) in [5.74, 6) is 2.69. The lowest BCUT2D eigenvalue weighted by molar-refractivity contribution is 0.170. The van der Waals surface area contributed by atoms with Crippen LogP contribution in [0.3, 0.4) is 0 Å². The molecule has 0 radical (unpaired) electrons. The topological polar surface area (TPSA) is 12.0 Å². The zero-order chi connectivity index (χ0) is 14.5. The van der Waals surface area contributed by atoms with E-state index >= 15 is 0 Å². The summed E-state index contributed by atoms with van der Waals surface area (Å²) in [5.41, 5.74) is 0. The summed E-state index contributed by atoms with van der Waals surface area (Å²) in [6, 6.07) is 2.92. The highest BCUT2D eigenvalue weighted by molar-refractivity contribution is 9.10. The maximum absolute atomic E-state index is 3.66. The summed E-state index contributed by atoms with van der Waals surface area (Å²) in [7, 11) is 0. The minimum absolute atomic E-state index is 0.607. The van der Waals surface area contributed by atoms with Gasteiger partial charge in [0.2, 0.25) is 0 Å².